The maximum Gasteiger partial charge on any atom is 0.276 e. The van der Waals surface area contributed by atoms with E-state index in [0.717, 1.165) is 42.9 Å². The molecule has 7 nitrogen and oxygen atoms in total. The van der Waals surface area contributed by atoms with Crippen LogP contribution < -0.4 is 4.74 Å². The quantitative estimate of drug-likeness (QED) is 0.859. The number of amides is 1. The van der Waals surface area contributed by atoms with E-state index >= 15 is 0 Å². The van der Waals surface area contributed by atoms with Crippen molar-refractivity contribution in [2.24, 2.45) is 0 Å². The third kappa shape index (κ3) is 2.65. The molecule has 1 aromatic carbocycles. The van der Waals surface area contributed by atoms with Crippen molar-refractivity contribution in [2.75, 3.05) is 20.2 Å². The Morgan fingerprint density at radius 1 is 1.25 bits per heavy atom. The minimum absolute atomic E-state index is 0.0275. The lowest BCUT2D eigenvalue weighted by Gasteiger charge is -2.25. The molecule has 24 heavy (non-hydrogen) atoms. The second-order valence-corrected chi connectivity index (χ2v) is 6.14. The summed E-state index contributed by atoms with van der Waals surface area (Å²) in [5.74, 6) is 0.787. The van der Waals surface area contributed by atoms with Gasteiger partial charge in [-0.1, -0.05) is 17.3 Å². The maximum absolute atomic E-state index is 12.5. The first-order chi connectivity index (χ1) is 11.8. The SMILES string of the molecule is COc1ccc([C@H]2Cn3nnc(C(=O)N4CCCC4)c3CO2)cc1. The van der Waals surface area contributed by atoms with Crippen LogP contribution in [0.25, 0.3) is 0 Å². The predicted molar refractivity (Wildman–Crippen MR) is 85.7 cm³/mol. The third-order valence-electron chi connectivity index (χ3n) is 4.68. The molecule has 0 saturated carbocycles. The molecule has 0 radical (unpaired) electrons. The first-order valence-corrected chi connectivity index (χ1v) is 8.23. The van der Waals surface area contributed by atoms with E-state index in [1.165, 1.54) is 0 Å². The lowest BCUT2D eigenvalue weighted by atomic mass is 10.1. The fourth-order valence-corrected chi connectivity index (χ4v) is 3.27. The molecule has 126 valence electrons. The van der Waals surface area contributed by atoms with Gasteiger partial charge in [-0.3, -0.25) is 4.79 Å². The molecule has 4 rings (SSSR count). The topological polar surface area (TPSA) is 69.5 Å². The molecule has 1 amide bonds. The van der Waals surface area contributed by atoms with E-state index in [2.05, 4.69) is 10.3 Å². The van der Waals surface area contributed by atoms with Crippen LogP contribution in [0.5, 0.6) is 5.75 Å². The van der Waals surface area contributed by atoms with Crippen molar-refractivity contribution < 1.29 is 14.3 Å². The monoisotopic (exact) mass is 328 g/mol. The number of rotatable bonds is 3. The average Bonchev–Trinajstić information content (AvgIpc) is 3.30. The van der Waals surface area contributed by atoms with E-state index in [1.54, 1.807) is 11.8 Å². The number of likely N-dealkylation sites (tertiary alicyclic amines) is 1. The van der Waals surface area contributed by atoms with Crippen LogP contribution in [0, 0.1) is 0 Å². The Bertz CT molecular complexity index is 735. The van der Waals surface area contributed by atoms with Gasteiger partial charge in [0.05, 0.1) is 26.0 Å². The molecular formula is C17H20N4O3. The summed E-state index contributed by atoms with van der Waals surface area (Å²) in [6.45, 7) is 2.52. The van der Waals surface area contributed by atoms with Gasteiger partial charge in [0.25, 0.3) is 5.91 Å². The van der Waals surface area contributed by atoms with Gasteiger partial charge in [-0.25, -0.2) is 4.68 Å². The fourth-order valence-electron chi connectivity index (χ4n) is 3.27. The normalized spacial score (nSPS) is 20.0. The molecule has 0 bridgehead atoms. The summed E-state index contributed by atoms with van der Waals surface area (Å²) in [5, 5.41) is 8.29. The van der Waals surface area contributed by atoms with Crippen LogP contribution in [0.1, 0.15) is 40.7 Å². The molecule has 7 heteroatoms. The Hall–Kier alpha value is -2.41. The van der Waals surface area contributed by atoms with E-state index in [0.29, 0.717) is 18.8 Å². The zero-order chi connectivity index (χ0) is 16.5. The Morgan fingerprint density at radius 3 is 2.71 bits per heavy atom. The highest BCUT2D eigenvalue weighted by Gasteiger charge is 2.30. The van der Waals surface area contributed by atoms with Gasteiger partial charge in [0.2, 0.25) is 0 Å². The van der Waals surface area contributed by atoms with Crippen LogP contribution in [0.15, 0.2) is 24.3 Å². The molecule has 0 N–H and O–H groups in total. The van der Waals surface area contributed by atoms with Crippen LogP contribution in [-0.4, -0.2) is 46.0 Å². The fraction of sp³-hybridized carbons (Fsp3) is 0.471. The smallest absolute Gasteiger partial charge is 0.276 e. The van der Waals surface area contributed by atoms with Gasteiger partial charge in [-0.15, -0.1) is 5.10 Å². The number of carbonyl (C=O) groups is 1. The van der Waals surface area contributed by atoms with Crippen molar-refractivity contribution >= 4 is 5.91 Å². The number of hydrogen-bond acceptors (Lipinski definition) is 5. The summed E-state index contributed by atoms with van der Waals surface area (Å²) in [7, 11) is 1.65. The van der Waals surface area contributed by atoms with E-state index in [1.807, 2.05) is 29.2 Å². The second kappa shape index (κ2) is 6.24. The van der Waals surface area contributed by atoms with Crippen molar-refractivity contribution in [3.8, 4) is 5.75 Å². The van der Waals surface area contributed by atoms with Crippen LogP contribution in [0.3, 0.4) is 0 Å². The van der Waals surface area contributed by atoms with Crippen LogP contribution in [0.4, 0.5) is 0 Å². The predicted octanol–water partition coefficient (Wildman–Crippen LogP) is 1.79. The first-order valence-electron chi connectivity index (χ1n) is 8.23. The van der Waals surface area contributed by atoms with E-state index in [9.17, 15) is 4.79 Å². The van der Waals surface area contributed by atoms with Crippen molar-refractivity contribution in [3.63, 3.8) is 0 Å². The minimum atomic E-state index is -0.0974. The molecule has 0 aliphatic carbocycles. The summed E-state index contributed by atoms with van der Waals surface area (Å²) in [4.78, 5) is 14.4. The highest BCUT2D eigenvalue weighted by atomic mass is 16.5. The summed E-state index contributed by atoms with van der Waals surface area (Å²) >= 11 is 0. The van der Waals surface area contributed by atoms with Gasteiger partial charge in [0.1, 0.15) is 11.9 Å². The van der Waals surface area contributed by atoms with Gasteiger partial charge in [0.15, 0.2) is 5.69 Å². The lowest BCUT2D eigenvalue weighted by Crippen LogP contribution is -2.30. The van der Waals surface area contributed by atoms with Gasteiger partial charge >= 0.3 is 0 Å². The molecule has 0 spiro atoms. The largest absolute Gasteiger partial charge is 0.497 e. The molecule has 2 aromatic rings. The van der Waals surface area contributed by atoms with Crippen molar-refractivity contribution in [2.45, 2.75) is 32.1 Å². The van der Waals surface area contributed by atoms with Gasteiger partial charge < -0.3 is 14.4 Å². The van der Waals surface area contributed by atoms with E-state index < -0.39 is 0 Å². The molecule has 1 aromatic heterocycles. The number of hydrogen-bond donors (Lipinski definition) is 0. The first kappa shape index (κ1) is 15.1. The van der Waals surface area contributed by atoms with Crippen LogP contribution in [-0.2, 0) is 17.9 Å². The highest BCUT2D eigenvalue weighted by Crippen LogP contribution is 2.28. The average molecular weight is 328 g/mol. The van der Waals surface area contributed by atoms with Gasteiger partial charge in [-0.2, -0.15) is 0 Å². The standard InChI is InChI=1S/C17H20N4O3/c1-23-13-6-4-12(5-7-13)15-10-21-14(11-24-15)16(18-19-21)17(22)20-8-2-3-9-20/h4-7,15H,2-3,8-11H2,1H3/t15-/m1/s1. The Kier molecular flexibility index (Phi) is 3.93. The summed E-state index contributed by atoms with van der Waals surface area (Å²) in [5.41, 5.74) is 2.27. The Labute approximate surface area is 140 Å². The number of nitrogens with zero attached hydrogens (tertiary/aromatic N) is 4. The molecule has 0 unspecified atom stereocenters. The van der Waals surface area contributed by atoms with Crippen molar-refractivity contribution in [1.82, 2.24) is 19.9 Å². The second-order valence-electron chi connectivity index (χ2n) is 6.14. The van der Waals surface area contributed by atoms with Gasteiger partial charge in [0, 0.05) is 13.1 Å². The van der Waals surface area contributed by atoms with Crippen LogP contribution >= 0.6 is 0 Å². The lowest BCUT2D eigenvalue weighted by molar-refractivity contribution is -0.00194. The number of fused-ring (bicyclic) bond motifs is 1. The number of ether oxygens (including phenoxy) is 2. The number of methoxy groups -OCH3 is 1. The molecule has 1 saturated heterocycles. The van der Waals surface area contributed by atoms with E-state index in [4.69, 9.17) is 9.47 Å². The Morgan fingerprint density at radius 2 is 2.00 bits per heavy atom. The zero-order valence-electron chi connectivity index (χ0n) is 13.6. The minimum Gasteiger partial charge on any atom is -0.497 e. The van der Waals surface area contributed by atoms with Crippen LogP contribution in [0.2, 0.25) is 0 Å². The number of aromatic nitrogens is 3. The van der Waals surface area contributed by atoms with Crippen molar-refractivity contribution in [3.05, 3.63) is 41.2 Å². The third-order valence-corrected chi connectivity index (χ3v) is 4.68. The molecule has 1 atom stereocenters. The molecular weight excluding hydrogens is 308 g/mol. The number of carbonyl (C=O) groups excluding carboxylic acids is 1. The highest BCUT2D eigenvalue weighted by molar-refractivity contribution is 5.93. The molecule has 1 fully saturated rings. The van der Waals surface area contributed by atoms with Gasteiger partial charge in [-0.05, 0) is 30.5 Å². The van der Waals surface area contributed by atoms with E-state index in [-0.39, 0.29) is 12.0 Å². The maximum atomic E-state index is 12.5. The number of benzene rings is 1. The summed E-state index contributed by atoms with van der Waals surface area (Å²) in [6.07, 6.45) is 2.02. The molecule has 3 heterocycles. The van der Waals surface area contributed by atoms with Crippen molar-refractivity contribution in [1.29, 1.82) is 0 Å². The molecule has 2 aliphatic rings. The molecule has 2 aliphatic heterocycles. The Balaban J connectivity index is 1.52. The summed E-state index contributed by atoms with van der Waals surface area (Å²) in [6, 6.07) is 7.80. The summed E-state index contributed by atoms with van der Waals surface area (Å²) < 4.78 is 12.9. The zero-order valence-corrected chi connectivity index (χ0v) is 13.6.